The summed E-state index contributed by atoms with van der Waals surface area (Å²) in [5, 5.41) is 3.23. The molecule has 0 aliphatic carbocycles. The predicted molar refractivity (Wildman–Crippen MR) is 176 cm³/mol. The van der Waals surface area contributed by atoms with Crippen LogP contribution in [0.5, 0.6) is 0 Å². The summed E-state index contributed by atoms with van der Waals surface area (Å²) in [4.78, 5) is 29.4. The molecule has 0 bridgehead atoms. The lowest BCUT2D eigenvalue weighted by atomic mass is 10.0. The molecule has 1 N–H and O–H groups in total. The van der Waals surface area contributed by atoms with Gasteiger partial charge in [0.2, 0.25) is 11.8 Å². The van der Waals surface area contributed by atoms with Gasteiger partial charge < -0.3 is 10.2 Å². The van der Waals surface area contributed by atoms with Crippen LogP contribution in [-0.2, 0) is 32.6 Å². The standard InChI is InChI=1S/C34H34Cl2FN3O4S/c1-3-24(2)38-34(42)32(20-25-12-6-4-7-13-25)39(22-26-14-10-11-17-30(26)37)33(41)23-40(31-19-18-27(35)21-29(31)36)45(43,44)28-15-8-5-9-16-28/h4-19,21,24,32H,3,20,22-23H2,1-2H3,(H,38,42)/t24-,32+/m1/s1. The molecule has 4 rings (SSSR count). The van der Waals surface area contributed by atoms with Crippen molar-refractivity contribution < 1.29 is 22.4 Å². The Hall–Kier alpha value is -3.92. The third kappa shape index (κ3) is 8.63. The van der Waals surface area contributed by atoms with Gasteiger partial charge in [0, 0.05) is 29.6 Å². The summed E-state index contributed by atoms with van der Waals surface area (Å²) in [7, 11) is -4.34. The fourth-order valence-corrected chi connectivity index (χ4v) is 6.74. The zero-order valence-electron chi connectivity index (χ0n) is 24.9. The second kappa shape index (κ2) is 15.4. The van der Waals surface area contributed by atoms with Gasteiger partial charge in [0.1, 0.15) is 18.4 Å². The van der Waals surface area contributed by atoms with Gasteiger partial charge >= 0.3 is 0 Å². The topological polar surface area (TPSA) is 86.8 Å². The summed E-state index contributed by atoms with van der Waals surface area (Å²) < 4.78 is 44.0. The van der Waals surface area contributed by atoms with Crippen molar-refractivity contribution in [3.8, 4) is 0 Å². The van der Waals surface area contributed by atoms with E-state index in [1.807, 2.05) is 44.2 Å². The van der Waals surface area contributed by atoms with Crippen LogP contribution in [0.2, 0.25) is 10.0 Å². The van der Waals surface area contributed by atoms with E-state index in [1.165, 1.54) is 53.4 Å². The molecule has 0 spiro atoms. The Morgan fingerprint density at radius 3 is 2.13 bits per heavy atom. The Kier molecular flexibility index (Phi) is 11.6. The van der Waals surface area contributed by atoms with Crippen molar-refractivity contribution in [2.24, 2.45) is 0 Å². The highest BCUT2D eigenvalue weighted by Gasteiger charge is 2.35. The molecule has 7 nitrogen and oxygen atoms in total. The summed E-state index contributed by atoms with van der Waals surface area (Å²) in [6.07, 6.45) is 0.750. The lowest BCUT2D eigenvalue weighted by Crippen LogP contribution is -2.54. The summed E-state index contributed by atoms with van der Waals surface area (Å²) >= 11 is 12.6. The Labute approximate surface area is 273 Å². The number of nitrogens with zero attached hydrogens (tertiary/aromatic N) is 2. The van der Waals surface area contributed by atoms with Gasteiger partial charge in [-0.15, -0.1) is 0 Å². The second-order valence-corrected chi connectivity index (χ2v) is 13.3. The van der Waals surface area contributed by atoms with E-state index >= 15 is 4.39 Å². The molecular weight excluding hydrogens is 636 g/mol. The minimum atomic E-state index is -4.34. The lowest BCUT2D eigenvalue weighted by molar-refractivity contribution is -0.140. The molecule has 2 atom stereocenters. The third-order valence-electron chi connectivity index (χ3n) is 7.36. The summed E-state index contributed by atoms with van der Waals surface area (Å²) in [5.74, 6) is -1.74. The molecule has 11 heteroatoms. The highest BCUT2D eigenvalue weighted by Crippen LogP contribution is 2.33. The minimum absolute atomic E-state index is 0.00538. The number of sulfonamides is 1. The average molecular weight is 671 g/mol. The molecule has 0 aromatic heterocycles. The molecule has 4 aromatic rings. The van der Waals surface area contributed by atoms with Gasteiger partial charge in [0.15, 0.2) is 0 Å². The van der Waals surface area contributed by atoms with Crippen molar-refractivity contribution in [3.63, 3.8) is 0 Å². The first kappa shape index (κ1) is 34.0. The van der Waals surface area contributed by atoms with E-state index in [2.05, 4.69) is 5.32 Å². The zero-order valence-corrected chi connectivity index (χ0v) is 27.2. The van der Waals surface area contributed by atoms with E-state index in [-0.39, 0.29) is 45.2 Å². The Bertz CT molecular complexity index is 1730. The predicted octanol–water partition coefficient (Wildman–Crippen LogP) is 6.88. The Balaban J connectivity index is 1.83. The van der Waals surface area contributed by atoms with Crippen LogP contribution in [0.3, 0.4) is 0 Å². The second-order valence-electron chi connectivity index (χ2n) is 10.6. The molecule has 45 heavy (non-hydrogen) atoms. The molecule has 0 aliphatic heterocycles. The van der Waals surface area contributed by atoms with Crippen LogP contribution in [0, 0.1) is 5.82 Å². The van der Waals surface area contributed by atoms with Gasteiger partial charge in [0.25, 0.3) is 10.0 Å². The molecule has 0 unspecified atom stereocenters. The molecule has 0 saturated heterocycles. The van der Waals surface area contributed by atoms with E-state index in [4.69, 9.17) is 23.2 Å². The number of anilines is 1. The van der Waals surface area contributed by atoms with E-state index in [9.17, 15) is 18.0 Å². The molecule has 2 amide bonds. The fraction of sp³-hybridized carbons (Fsp3) is 0.235. The van der Waals surface area contributed by atoms with Gasteiger partial charge in [-0.3, -0.25) is 13.9 Å². The van der Waals surface area contributed by atoms with Crippen LogP contribution >= 0.6 is 23.2 Å². The first-order chi connectivity index (χ1) is 21.5. The molecule has 0 saturated carbocycles. The van der Waals surface area contributed by atoms with Crippen molar-refractivity contribution in [1.82, 2.24) is 10.2 Å². The first-order valence-corrected chi connectivity index (χ1v) is 16.6. The van der Waals surface area contributed by atoms with Gasteiger partial charge in [-0.1, -0.05) is 96.9 Å². The Morgan fingerprint density at radius 1 is 0.889 bits per heavy atom. The maximum Gasteiger partial charge on any atom is 0.264 e. The maximum atomic E-state index is 15.0. The van der Waals surface area contributed by atoms with Crippen molar-refractivity contribution in [2.75, 3.05) is 10.8 Å². The first-order valence-electron chi connectivity index (χ1n) is 14.4. The van der Waals surface area contributed by atoms with Gasteiger partial charge in [-0.05, 0) is 55.3 Å². The maximum absolute atomic E-state index is 15.0. The average Bonchev–Trinajstić information content (AvgIpc) is 3.03. The minimum Gasteiger partial charge on any atom is -0.352 e. The fourth-order valence-electron chi connectivity index (χ4n) is 4.72. The summed E-state index contributed by atoms with van der Waals surface area (Å²) in [5.41, 5.74) is 0.956. The number of rotatable bonds is 13. The number of nitrogens with one attached hydrogen (secondary N) is 1. The van der Waals surface area contributed by atoms with E-state index in [0.717, 1.165) is 9.87 Å². The molecule has 4 aromatic carbocycles. The van der Waals surface area contributed by atoms with E-state index < -0.39 is 40.2 Å². The number of hydrogen-bond acceptors (Lipinski definition) is 4. The zero-order chi connectivity index (χ0) is 32.6. The normalized spacial score (nSPS) is 12.6. The number of carbonyl (C=O) groups is 2. The van der Waals surface area contributed by atoms with Crippen LogP contribution < -0.4 is 9.62 Å². The van der Waals surface area contributed by atoms with Gasteiger partial charge in [0.05, 0.1) is 15.6 Å². The molecule has 0 radical (unpaired) electrons. The van der Waals surface area contributed by atoms with Gasteiger partial charge in [-0.2, -0.15) is 0 Å². The smallest absolute Gasteiger partial charge is 0.264 e. The van der Waals surface area contributed by atoms with E-state index in [1.54, 1.807) is 24.3 Å². The largest absolute Gasteiger partial charge is 0.352 e. The van der Waals surface area contributed by atoms with Gasteiger partial charge in [-0.25, -0.2) is 12.8 Å². The van der Waals surface area contributed by atoms with E-state index in [0.29, 0.717) is 6.42 Å². The quantitative estimate of drug-likeness (QED) is 0.168. The number of benzene rings is 4. The summed E-state index contributed by atoms with van der Waals surface area (Å²) in [6.45, 7) is 2.75. The van der Waals surface area contributed by atoms with Crippen LogP contribution in [0.1, 0.15) is 31.4 Å². The molecule has 0 aliphatic rings. The van der Waals surface area contributed by atoms with Crippen molar-refractivity contribution >= 4 is 50.7 Å². The number of carbonyl (C=O) groups excluding carboxylic acids is 2. The Morgan fingerprint density at radius 2 is 1.51 bits per heavy atom. The van der Waals surface area contributed by atoms with Crippen LogP contribution in [0.4, 0.5) is 10.1 Å². The highest BCUT2D eigenvalue weighted by molar-refractivity contribution is 7.92. The molecule has 236 valence electrons. The van der Waals surface area contributed by atoms with Crippen molar-refractivity contribution in [2.45, 2.75) is 50.2 Å². The lowest BCUT2D eigenvalue weighted by Gasteiger charge is -2.34. The highest BCUT2D eigenvalue weighted by atomic mass is 35.5. The van der Waals surface area contributed by atoms with Crippen molar-refractivity contribution in [3.05, 3.63) is 130 Å². The SMILES string of the molecule is CC[C@@H](C)NC(=O)[C@H](Cc1ccccc1)N(Cc1ccccc1F)C(=O)CN(c1ccc(Cl)cc1Cl)S(=O)(=O)c1ccccc1. The number of hydrogen-bond donors (Lipinski definition) is 1. The molecular formula is C34H34Cl2FN3O4S. The summed E-state index contributed by atoms with van der Waals surface area (Å²) in [6, 6.07) is 25.7. The number of halogens is 3. The van der Waals surface area contributed by atoms with Crippen molar-refractivity contribution in [1.29, 1.82) is 0 Å². The van der Waals surface area contributed by atoms with Crippen LogP contribution in [0.15, 0.2) is 108 Å². The molecule has 0 heterocycles. The molecule has 0 fully saturated rings. The third-order valence-corrected chi connectivity index (χ3v) is 9.67. The number of amides is 2. The van der Waals surface area contributed by atoms with Crippen LogP contribution in [0.25, 0.3) is 0 Å². The van der Waals surface area contributed by atoms with Crippen LogP contribution in [-0.4, -0.2) is 43.8 Å². The monoisotopic (exact) mass is 669 g/mol.